The first-order valence-corrected chi connectivity index (χ1v) is 19.8. The van der Waals surface area contributed by atoms with Crippen LogP contribution in [0.4, 0.5) is 68.2 Å². The van der Waals surface area contributed by atoms with Crippen molar-refractivity contribution in [1.29, 1.82) is 0 Å². The van der Waals surface area contributed by atoms with Gasteiger partial charge in [-0.05, 0) is 121 Å². The van der Waals surface area contributed by atoms with Crippen LogP contribution in [-0.2, 0) is 0 Å². The highest BCUT2D eigenvalue weighted by Gasteiger charge is 2.33. The van der Waals surface area contributed by atoms with Gasteiger partial charge in [-0.2, -0.15) is 4.37 Å². The molecule has 0 bridgehead atoms. The van der Waals surface area contributed by atoms with Gasteiger partial charge in [0.05, 0.1) is 45.5 Å². The number of benzene rings is 8. The topological polar surface area (TPSA) is 38.7 Å². The Morgan fingerprint density at radius 1 is 0.298 bits per heavy atom. The average molecular weight is 751 g/mol. The van der Waals surface area contributed by atoms with E-state index in [1.807, 2.05) is 0 Å². The Bertz CT molecular complexity index is 2680. The van der Waals surface area contributed by atoms with Gasteiger partial charge in [0.25, 0.3) is 0 Å². The summed E-state index contributed by atoms with van der Waals surface area (Å²) in [5.41, 5.74) is 15.1. The fourth-order valence-electron chi connectivity index (χ4n) is 8.14. The summed E-state index contributed by atoms with van der Waals surface area (Å²) < 4.78 is 4.99. The summed E-state index contributed by atoms with van der Waals surface area (Å²) in [6, 6.07) is 72.8. The Balaban J connectivity index is 1.03. The van der Waals surface area contributed by atoms with Gasteiger partial charge in [0.2, 0.25) is 0 Å². The first kappa shape index (κ1) is 32.9. The maximum atomic E-state index is 5.23. The zero-order chi connectivity index (χ0) is 37.7. The Labute approximate surface area is 335 Å². The van der Waals surface area contributed by atoms with E-state index < -0.39 is 0 Å². The molecule has 0 saturated heterocycles. The van der Waals surface area contributed by atoms with Crippen molar-refractivity contribution in [1.82, 2.24) is 9.36 Å². The Kier molecular flexibility index (Phi) is 7.89. The maximum absolute atomic E-state index is 5.23. The molecule has 0 saturated carbocycles. The molecular weight excluding hydrogens is 717 g/mol. The number of hydrogen-bond acceptors (Lipinski definition) is 7. The van der Waals surface area contributed by atoms with Crippen LogP contribution >= 0.6 is 11.5 Å². The Hall–Kier alpha value is -7.48. The van der Waals surface area contributed by atoms with Crippen molar-refractivity contribution in [3.05, 3.63) is 206 Å². The molecule has 0 radical (unpaired) electrons. The molecule has 0 spiro atoms. The number of hydrogen-bond donors (Lipinski definition) is 0. The van der Waals surface area contributed by atoms with Gasteiger partial charge in [-0.1, -0.05) is 97.1 Å². The highest BCUT2D eigenvalue weighted by molar-refractivity contribution is 7.09. The summed E-state index contributed by atoms with van der Waals surface area (Å²) in [5.74, 6) is 0.699. The van der Waals surface area contributed by atoms with Crippen LogP contribution in [0.2, 0.25) is 0 Å². The van der Waals surface area contributed by atoms with E-state index in [9.17, 15) is 0 Å². The van der Waals surface area contributed by atoms with Gasteiger partial charge < -0.3 is 19.6 Å². The van der Waals surface area contributed by atoms with E-state index in [0.29, 0.717) is 5.82 Å². The molecule has 6 nitrogen and oxygen atoms in total. The zero-order valence-corrected chi connectivity index (χ0v) is 31.5. The van der Waals surface area contributed by atoms with Gasteiger partial charge >= 0.3 is 0 Å². The van der Waals surface area contributed by atoms with E-state index in [0.717, 1.165) is 84.4 Å². The molecule has 9 aromatic rings. The minimum absolute atomic E-state index is 0.699. The molecule has 0 N–H and O–H groups in total. The fraction of sp³-hybridized carbons (Fsp3) is 0. The van der Waals surface area contributed by atoms with E-state index in [-0.39, 0.29) is 0 Å². The first-order valence-electron chi connectivity index (χ1n) is 19.0. The smallest absolute Gasteiger partial charge is 0.173 e. The van der Waals surface area contributed by atoms with Crippen LogP contribution in [0.15, 0.2) is 206 Å². The monoisotopic (exact) mass is 750 g/mol. The van der Waals surface area contributed by atoms with E-state index in [4.69, 9.17) is 9.36 Å². The molecule has 2 aliphatic heterocycles. The molecule has 0 amide bonds. The first-order chi connectivity index (χ1) is 28.3. The molecule has 2 aliphatic rings. The molecule has 1 aromatic heterocycles. The minimum atomic E-state index is 0.699. The molecular formula is C50H34N6S. The van der Waals surface area contributed by atoms with Crippen LogP contribution < -0.4 is 19.6 Å². The van der Waals surface area contributed by atoms with Crippen molar-refractivity contribution >= 4 is 79.8 Å². The van der Waals surface area contributed by atoms with Gasteiger partial charge in [-0.25, -0.2) is 4.98 Å². The molecule has 3 heterocycles. The largest absolute Gasteiger partial charge is 0.306 e. The SMILES string of the molecule is c1ccc(N2c3ccccc3N(c3ccccc3)c3cc(-c4nsc(-c5ccc6c(c5)N(c5ccccc5)c5ccccc5N6c5ccccc5)n4)ccc32)cc1. The second-order valence-corrected chi connectivity index (χ2v) is 14.7. The summed E-state index contributed by atoms with van der Waals surface area (Å²) in [4.78, 5) is 14.6. The number of aromatic nitrogens is 2. The summed E-state index contributed by atoms with van der Waals surface area (Å²) in [6.45, 7) is 0. The predicted molar refractivity (Wildman–Crippen MR) is 237 cm³/mol. The lowest BCUT2D eigenvalue weighted by Crippen LogP contribution is -2.24. The van der Waals surface area contributed by atoms with Gasteiger partial charge in [0, 0.05) is 33.9 Å². The van der Waals surface area contributed by atoms with Crippen molar-refractivity contribution in [2.75, 3.05) is 19.6 Å². The number of fused-ring (bicyclic) bond motifs is 4. The average Bonchev–Trinajstić information content (AvgIpc) is 3.79. The summed E-state index contributed by atoms with van der Waals surface area (Å²) in [6.07, 6.45) is 0. The lowest BCUT2D eigenvalue weighted by Gasteiger charge is -2.40. The highest BCUT2D eigenvalue weighted by atomic mass is 32.1. The van der Waals surface area contributed by atoms with Crippen molar-refractivity contribution in [2.45, 2.75) is 0 Å². The normalized spacial score (nSPS) is 12.8. The second kappa shape index (κ2) is 13.7. The number of nitrogens with zero attached hydrogens (tertiary/aromatic N) is 6. The van der Waals surface area contributed by atoms with Crippen molar-refractivity contribution < 1.29 is 0 Å². The molecule has 8 aromatic carbocycles. The highest BCUT2D eigenvalue weighted by Crippen LogP contribution is 2.56. The summed E-state index contributed by atoms with van der Waals surface area (Å²) in [7, 11) is 0. The number of anilines is 12. The zero-order valence-electron chi connectivity index (χ0n) is 30.7. The standard InChI is InChI=1S/C50H34N6S/c1-5-17-37(18-6-1)53-41-25-13-15-27-43(41)55(39-21-9-3-10-22-39)47-33-35(29-31-45(47)53)49-51-50(57-52-49)36-30-32-46-48(34-36)56(40-23-11-4-12-24-40)44-28-16-14-26-42(44)54(46)38-19-7-2-8-20-38/h1-34H. The third-order valence-electron chi connectivity index (χ3n) is 10.6. The van der Waals surface area contributed by atoms with E-state index in [1.165, 1.54) is 11.5 Å². The molecule has 57 heavy (non-hydrogen) atoms. The van der Waals surface area contributed by atoms with E-state index >= 15 is 0 Å². The van der Waals surface area contributed by atoms with Crippen LogP contribution in [0.25, 0.3) is 22.0 Å². The predicted octanol–water partition coefficient (Wildman–Crippen LogP) is 14.4. The second-order valence-electron chi connectivity index (χ2n) is 14.0. The van der Waals surface area contributed by atoms with Crippen LogP contribution in [0.1, 0.15) is 0 Å². The Morgan fingerprint density at radius 2 is 0.614 bits per heavy atom. The van der Waals surface area contributed by atoms with Crippen LogP contribution in [-0.4, -0.2) is 9.36 Å². The maximum Gasteiger partial charge on any atom is 0.173 e. The number of para-hydroxylation sites is 8. The van der Waals surface area contributed by atoms with Gasteiger partial charge in [-0.15, -0.1) is 0 Å². The van der Waals surface area contributed by atoms with Crippen LogP contribution in [0, 0.1) is 0 Å². The third kappa shape index (κ3) is 5.55. The van der Waals surface area contributed by atoms with Crippen molar-refractivity contribution in [3.8, 4) is 22.0 Å². The quantitative estimate of drug-likeness (QED) is 0.168. The molecule has 0 aliphatic carbocycles. The third-order valence-corrected chi connectivity index (χ3v) is 11.4. The fourth-order valence-corrected chi connectivity index (χ4v) is 8.82. The summed E-state index contributed by atoms with van der Waals surface area (Å²) in [5, 5.41) is 0.861. The van der Waals surface area contributed by atoms with Crippen LogP contribution in [0.5, 0.6) is 0 Å². The van der Waals surface area contributed by atoms with Gasteiger partial charge in [-0.3, -0.25) is 0 Å². The van der Waals surface area contributed by atoms with Crippen LogP contribution in [0.3, 0.4) is 0 Å². The minimum Gasteiger partial charge on any atom is -0.306 e. The molecule has 0 unspecified atom stereocenters. The lowest BCUT2D eigenvalue weighted by molar-refractivity contribution is 1.17. The number of rotatable bonds is 6. The van der Waals surface area contributed by atoms with Crippen molar-refractivity contribution in [2.24, 2.45) is 0 Å². The molecule has 7 heteroatoms. The molecule has 270 valence electrons. The molecule has 0 fully saturated rings. The van der Waals surface area contributed by atoms with Crippen molar-refractivity contribution in [3.63, 3.8) is 0 Å². The van der Waals surface area contributed by atoms with Gasteiger partial charge in [0.15, 0.2) is 5.82 Å². The van der Waals surface area contributed by atoms with Gasteiger partial charge in [0.1, 0.15) is 5.01 Å². The van der Waals surface area contributed by atoms with E-state index in [2.05, 4.69) is 226 Å². The van der Waals surface area contributed by atoms with E-state index in [1.54, 1.807) is 0 Å². The Morgan fingerprint density at radius 3 is 1.02 bits per heavy atom. The molecule has 11 rings (SSSR count). The lowest BCUT2D eigenvalue weighted by atomic mass is 10.0. The summed E-state index contributed by atoms with van der Waals surface area (Å²) >= 11 is 1.43. The molecule has 0 atom stereocenters.